The third-order valence-electron chi connectivity index (χ3n) is 4.39. The van der Waals surface area contributed by atoms with Gasteiger partial charge in [-0.2, -0.15) is 23.1 Å². The van der Waals surface area contributed by atoms with Gasteiger partial charge in [-0.15, -0.1) is 0 Å². The summed E-state index contributed by atoms with van der Waals surface area (Å²) >= 11 is 15.3. The summed E-state index contributed by atoms with van der Waals surface area (Å²) in [4.78, 5) is 25.6. The molecule has 3 aromatic rings. The van der Waals surface area contributed by atoms with Gasteiger partial charge in [-0.25, -0.2) is 0 Å². The van der Waals surface area contributed by atoms with Gasteiger partial charge in [-0.05, 0) is 76.7 Å². The SMILES string of the molecule is CSCCC(NC(=O)c1ccc(Cl)cc1Cl)C(=O)Nc1cccc(-c2ccsc2)c1. The molecule has 4 nitrogen and oxygen atoms in total. The number of halogens is 2. The molecule has 2 amide bonds. The molecule has 30 heavy (non-hydrogen) atoms. The summed E-state index contributed by atoms with van der Waals surface area (Å²) in [5.41, 5.74) is 3.08. The normalized spacial score (nSPS) is 11.7. The van der Waals surface area contributed by atoms with Crippen molar-refractivity contribution in [3.8, 4) is 11.1 Å². The van der Waals surface area contributed by atoms with Gasteiger partial charge < -0.3 is 10.6 Å². The molecule has 0 aliphatic carbocycles. The highest BCUT2D eigenvalue weighted by Crippen LogP contribution is 2.25. The number of rotatable bonds is 8. The Balaban J connectivity index is 1.74. The summed E-state index contributed by atoms with van der Waals surface area (Å²) in [6.45, 7) is 0. The molecular formula is C22H20Cl2N2O2S2. The molecule has 1 unspecified atom stereocenters. The molecule has 0 aliphatic heterocycles. The van der Waals surface area contributed by atoms with Gasteiger partial charge in [0, 0.05) is 10.7 Å². The van der Waals surface area contributed by atoms with Gasteiger partial charge in [0.2, 0.25) is 5.91 Å². The van der Waals surface area contributed by atoms with Crippen LogP contribution in [0.2, 0.25) is 10.0 Å². The number of carbonyl (C=O) groups is 2. The van der Waals surface area contributed by atoms with E-state index in [0.717, 1.165) is 16.9 Å². The van der Waals surface area contributed by atoms with Crippen LogP contribution < -0.4 is 10.6 Å². The van der Waals surface area contributed by atoms with E-state index in [2.05, 4.69) is 16.0 Å². The first-order valence-electron chi connectivity index (χ1n) is 9.16. The fraction of sp³-hybridized carbons (Fsp3) is 0.182. The molecule has 0 bridgehead atoms. The fourth-order valence-corrected chi connectivity index (χ4v) is 4.48. The van der Waals surface area contributed by atoms with E-state index in [1.165, 1.54) is 6.07 Å². The second kappa shape index (κ2) is 10.9. The molecule has 0 fully saturated rings. The maximum absolute atomic E-state index is 12.9. The van der Waals surface area contributed by atoms with Crippen LogP contribution in [0.5, 0.6) is 0 Å². The van der Waals surface area contributed by atoms with Gasteiger partial charge in [-0.3, -0.25) is 9.59 Å². The lowest BCUT2D eigenvalue weighted by atomic mass is 10.1. The summed E-state index contributed by atoms with van der Waals surface area (Å²) in [6.07, 6.45) is 2.45. The topological polar surface area (TPSA) is 58.2 Å². The third-order valence-corrected chi connectivity index (χ3v) is 6.27. The minimum atomic E-state index is -0.693. The van der Waals surface area contributed by atoms with Crippen molar-refractivity contribution in [1.29, 1.82) is 0 Å². The fourth-order valence-electron chi connectivity index (χ4n) is 2.85. The van der Waals surface area contributed by atoms with E-state index in [4.69, 9.17) is 23.2 Å². The van der Waals surface area contributed by atoms with Crippen molar-refractivity contribution >= 4 is 63.8 Å². The zero-order chi connectivity index (χ0) is 21.5. The van der Waals surface area contributed by atoms with Crippen LogP contribution in [0.4, 0.5) is 5.69 Å². The van der Waals surface area contributed by atoms with Gasteiger partial charge in [0.05, 0.1) is 10.6 Å². The molecular weight excluding hydrogens is 459 g/mol. The lowest BCUT2D eigenvalue weighted by Gasteiger charge is -2.19. The lowest BCUT2D eigenvalue weighted by Crippen LogP contribution is -2.44. The van der Waals surface area contributed by atoms with Crippen LogP contribution in [0.3, 0.4) is 0 Å². The Morgan fingerprint density at radius 3 is 2.63 bits per heavy atom. The Bertz CT molecular complexity index is 1030. The zero-order valence-corrected chi connectivity index (χ0v) is 19.3. The quantitative estimate of drug-likeness (QED) is 0.404. The van der Waals surface area contributed by atoms with Crippen LogP contribution in [0.15, 0.2) is 59.3 Å². The standard InChI is InChI=1S/C22H20Cl2N2O2S2/c1-29-9-8-20(26-21(27)18-6-5-16(23)12-19(18)24)22(28)25-17-4-2-3-14(11-17)15-7-10-30-13-15/h2-7,10-13,20H,8-9H2,1H3,(H,25,28)(H,26,27). The smallest absolute Gasteiger partial charge is 0.253 e. The molecule has 1 heterocycles. The second-order valence-corrected chi connectivity index (χ2v) is 9.12. The van der Waals surface area contributed by atoms with Gasteiger partial charge in [-0.1, -0.05) is 35.3 Å². The number of anilines is 1. The van der Waals surface area contributed by atoms with Crippen molar-refractivity contribution in [2.24, 2.45) is 0 Å². The van der Waals surface area contributed by atoms with E-state index in [1.54, 1.807) is 35.2 Å². The van der Waals surface area contributed by atoms with Crippen molar-refractivity contribution in [3.63, 3.8) is 0 Å². The number of hydrogen-bond acceptors (Lipinski definition) is 4. The molecule has 0 aliphatic rings. The molecule has 0 saturated heterocycles. The Morgan fingerprint density at radius 1 is 1.10 bits per heavy atom. The van der Waals surface area contributed by atoms with Crippen LogP contribution in [0.25, 0.3) is 11.1 Å². The van der Waals surface area contributed by atoms with Gasteiger partial charge >= 0.3 is 0 Å². The van der Waals surface area contributed by atoms with Crippen LogP contribution in [-0.2, 0) is 4.79 Å². The number of benzene rings is 2. The lowest BCUT2D eigenvalue weighted by molar-refractivity contribution is -0.118. The van der Waals surface area contributed by atoms with Crippen molar-refractivity contribution in [2.45, 2.75) is 12.5 Å². The molecule has 0 saturated carbocycles. The van der Waals surface area contributed by atoms with Crippen molar-refractivity contribution in [1.82, 2.24) is 5.32 Å². The summed E-state index contributed by atoms with van der Waals surface area (Å²) in [5.74, 6) is 0.0386. The summed E-state index contributed by atoms with van der Waals surface area (Å²) in [6, 6.07) is 13.6. The first kappa shape index (κ1) is 22.7. The summed E-state index contributed by atoms with van der Waals surface area (Å²) < 4.78 is 0. The van der Waals surface area contributed by atoms with Crippen molar-refractivity contribution in [3.05, 3.63) is 74.9 Å². The van der Waals surface area contributed by atoms with Crippen LogP contribution >= 0.6 is 46.3 Å². The highest BCUT2D eigenvalue weighted by atomic mass is 35.5. The summed E-state index contributed by atoms with van der Waals surface area (Å²) in [7, 11) is 0. The van der Waals surface area contributed by atoms with Crippen LogP contribution in [0.1, 0.15) is 16.8 Å². The number of hydrogen-bond donors (Lipinski definition) is 2. The van der Waals surface area contributed by atoms with Crippen molar-refractivity contribution in [2.75, 3.05) is 17.3 Å². The van der Waals surface area contributed by atoms with Crippen LogP contribution in [0, 0.1) is 0 Å². The van der Waals surface area contributed by atoms with Crippen LogP contribution in [-0.4, -0.2) is 29.9 Å². The minimum absolute atomic E-state index is 0.243. The van der Waals surface area contributed by atoms with Crippen molar-refractivity contribution < 1.29 is 9.59 Å². The van der Waals surface area contributed by atoms with E-state index >= 15 is 0 Å². The maximum atomic E-state index is 12.9. The van der Waals surface area contributed by atoms with E-state index in [0.29, 0.717) is 17.1 Å². The highest BCUT2D eigenvalue weighted by Gasteiger charge is 2.22. The molecule has 0 radical (unpaired) electrons. The predicted octanol–water partition coefficient (Wildman–Crippen LogP) is 6.21. The Labute approximate surface area is 194 Å². The Kier molecular flexibility index (Phi) is 8.22. The molecule has 3 rings (SSSR count). The Hall–Kier alpha value is -1.99. The summed E-state index contributed by atoms with van der Waals surface area (Å²) in [5, 5.41) is 10.5. The number of thioether (sulfide) groups is 1. The molecule has 0 spiro atoms. The first-order valence-corrected chi connectivity index (χ1v) is 12.3. The van der Waals surface area contributed by atoms with E-state index < -0.39 is 11.9 Å². The third kappa shape index (κ3) is 6.01. The molecule has 1 atom stereocenters. The Morgan fingerprint density at radius 2 is 1.93 bits per heavy atom. The van der Waals surface area contributed by atoms with E-state index in [-0.39, 0.29) is 16.5 Å². The number of nitrogens with one attached hydrogen (secondary N) is 2. The molecule has 156 valence electrons. The van der Waals surface area contributed by atoms with E-state index in [1.807, 2.05) is 42.0 Å². The minimum Gasteiger partial charge on any atom is -0.340 e. The molecule has 1 aromatic heterocycles. The number of carbonyl (C=O) groups excluding carboxylic acids is 2. The number of thiophene rings is 1. The first-order chi connectivity index (χ1) is 14.5. The predicted molar refractivity (Wildman–Crippen MR) is 129 cm³/mol. The average molecular weight is 479 g/mol. The molecule has 2 N–H and O–H groups in total. The monoisotopic (exact) mass is 478 g/mol. The average Bonchev–Trinajstić information content (AvgIpc) is 3.26. The van der Waals surface area contributed by atoms with E-state index in [9.17, 15) is 9.59 Å². The van der Waals surface area contributed by atoms with Gasteiger partial charge in [0.15, 0.2) is 0 Å². The van der Waals surface area contributed by atoms with Gasteiger partial charge in [0.25, 0.3) is 5.91 Å². The highest BCUT2D eigenvalue weighted by molar-refractivity contribution is 7.98. The second-order valence-electron chi connectivity index (χ2n) is 6.51. The molecule has 2 aromatic carbocycles. The zero-order valence-electron chi connectivity index (χ0n) is 16.2. The number of amides is 2. The molecule has 8 heteroatoms. The maximum Gasteiger partial charge on any atom is 0.253 e. The van der Waals surface area contributed by atoms with Gasteiger partial charge in [0.1, 0.15) is 6.04 Å². The largest absolute Gasteiger partial charge is 0.340 e.